The molecule has 0 bridgehead atoms. The molecule has 0 spiro atoms. The number of halogens is 1. The van der Waals surface area contributed by atoms with Gasteiger partial charge in [0.15, 0.2) is 5.34 Å². The second-order valence-corrected chi connectivity index (χ2v) is 6.24. The molecule has 0 aliphatic heterocycles. The van der Waals surface area contributed by atoms with Crippen molar-refractivity contribution in [3.05, 3.63) is 35.6 Å². The van der Waals surface area contributed by atoms with E-state index >= 15 is 0 Å². The van der Waals surface area contributed by atoms with Crippen LogP contribution in [0.4, 0.5) is 4.39 Å². The van der Waals surface area contributed by atoms with E-state index in [-0.39, 0.29) is 18.8 Å². The lowest BCUT2D eigenvalue weighted by Gasteiger charge is -2.31. The molecule has 0 aromatic heterocycles. The zero-order valence-corrected chi connectivity index (χ0v) is 11.6. The highest BCUT2D eigenvalue weighted by molar-refractivity contribution is 7.54. The normalized spacial score (nSPS) is 15.4. The van der Waals surface area contributed by atoms with Crippen molar-refractivity contribution < 1.29 is 23.1 Å². The second-order valence-electron chi connectivity index (χ2n) is 3.86. The van der Waals surface area contributed by atoms with Gasteiger partial charge in [-0.05, 0) is 38.5 Å². The van der Waals surface area contributed by atoms with Gasteiger partial charge >= 0.3 is 7.60 Å². The Hall–Kier alpha value is -0.740. The minimum Gasteiger partial charge on any atom is -0.373 e. The van der Waals surface area contributed by atoms with Crippen molar-refractivity contribution in [1.29, 1.82) is 0 Å². The third-order valence-corrected chi connectivity index (χ3v) is 5.04. The van der Waals surface area contributed by atoms with Gasteiger partial charge in [-0.3, -0.25) is 4.57 Å². The van der Waals surface area contributed by atoms with Crippen LogP contribution in [0.15, 0.2) is 24.3 Å². The Morgan fingerprint density at radius 1 is 1.22 bits per heavy atom. The number of aliphatic hydroxyl groups is 1. The van der Waals surface area contributed by atoms with Crippen LogP contribution in [0, 0.1) is 5.82 Å². The Balaban J connectivity index is 3.15. The fourth-order valence-electron chi connectivity index (χ4n) is 1.55. The van der Waals surface area contributed by atoms with E-state index in [9.17, 15) is 14.1 Å². The van der Waals surface area contributed by atoms with Crippen LogP contribution in [0.5, 0.6) is 0 Å². The summed E-state index contributed by atoms with van der Waals surface area (Å²) < 4.78 is 35.6. The molecule has 1 rings (SSSR count). The molecule has 0 saturated heterocycles. The summed E-state index contributed by atoms with van der Waals surface area (Å²) in [5.41, 5.74) is 0.286. The number of hydrogen-bond acceptors (Lipinski definition) is 4. The highest BCUT2D eigenvalue weighted by Gasteiger charge is 2.47. The highest BCUT2D eigenvalue weighted by atomic mass is 31.2. The van der Waals surface area contributed by atoms with E-state index in [4.69, 9.17) is 9.05 Å². The maximum atomic E-state index is 12.9. The average molecular weight is 276 g/mol. The van der Waals surface area contributed by atoms with Crippen LogP contribution in [-0.4, -0.2) is 18.3 Å². The van der Waals surface area contributed by atoms with Gasteiger partial charge in [-0.2, -0.15) is 0 Å². The molecule has 1 aromatic carbocycles. The predicted octanol–water partition coefficient (Wildman–Crippen LogP) is 3.26. The third kappa shape index (κ3) is 2.98. The standard InChI is InChI=1S/C12H18FO4P/c1-4-16-18(15,17-5-2)12(3,14)10-6-8-11(13)9-7-10/h6-9,14H,4-5H2,1-3H3/t12-/m0/s1. The van der Waals surface area contributed by atoms with Crippen molar-refractivity contribution in [2.24, 2.45) is 0 Å². The van der Waals surface area contributed by atoms with Gasteiger partial charge in [-0.1, -0.05) is 12.1 Å². The van der Waals surface area contributed by atoms with Crippen LogP contribution in [0.1, 0.15) is 26.3 Å². The first-order chi connectivity index (χ1) is 8.37. The van der Waals surface area contributed by atoms with Gasteiger partial charge in [0.05, 0.1) is 13.2 Å². The lowest BCUT2D eigenvalue weighted by atomic mass is 10.1. The maximum Gasteiger partial charge on any atom is 0.366 e. The van der Waals surface area contributed by atoms with E-state index in [0.29, 0.717) is 0 Å². The minimum absolute atomic E-state index is 0.147. The van der Waals surface area contributed by atoms with Crippen molar-refractivity contribution in [3.8, 4) is 0 Å². The smallest absolute Gasteiger partial charge is 0.366 e. The first-order valence-electron chi connectivity index (χ1n) is 5.75. The fraction of sp³-hybridized carbons (Fsp3) is 0.500. The van der Waals surface area contributed by atoms with Crippen LogP contribution in [0.25, 0.3) is 0 Å². The molecule has 1 atom stereocenters. The summed E-state index contributed by atoms with van der Waals surface area (Å²) in [7, 11) is -3.73. The first kappa shape index (κ1) is 15.3. The number of hydrogen-bond donors (Lipinski definition) is 1. The largest absolute Gasteiger partial charge is 0.373 e. The van der Waals surface area contributed by atoms with Gasteiger partial charge in [-0.25, -0.2) is 4.39 Å². The molecule has 102 valence electrons. The third-order valence-electron chi connectivity index (χ3n) is 2.52. The predicted molar refractivity (Wildman–Crippen MR) is 66.8 cm³/mol. The van der Waals surface area contributed by atoms with Crippen LogP contribution >= 0.6 is 7.60 Å². The summed E-state index contributed by atoms with van der Waals surface area (Å²) >= 11 is 0. The van der Waals surface area contributed by atoms with E-state index in [1.807, 2.05) is 0 Å². The zero-order chi connectivity index (χ0) is 13.8. The monoisotopic (exact) mass is 276 g/mol. The van der Waals surface area contributed by atoms with Crippen LogP contribution in [-0.2, 0) is 19.0 Å². The van der Waals surface area contributed by atoms with Crippen molar-refractivity contribution in [1.82, 2.24) is 0 Å². The molecule has 0 aliphatic carbocycles. The maximum absolute atomic E-state index is 12.9. The molecule has 0 heterocycles. The van der Waals surface area contributed by atoms with Gasteiger partial charge in [-0.15, -0.1) is 0 Å². The molecule has 0 aliphatic rings. The molecule has 1 aromatic rings. The molecule has 0 unspecified atom stereocenters. The topological polar surface area (TPSA) is 55.8 Å². The SMILES string of the molecule is CCOP(=O)(OCC)[C@](C)(O)c1ccc(F)cc1. The Morgan fingerprint density at radius 3 is 2.06 bits per heavy atom. The Kier molecular flexibility index (Phi) is 5.05. The molecule has 0 fully saturated rings. The van der Waals surface area contributed by atoms with Gasteiger partial charge < -0.3 is 14.2 Å². The number of rotatable bonds is 6. The molecule has 0 amide bonds. The molecule has 6 heteroatoms. The van der Waals surface area contributed by atoms with E-state index in [1.54, 1.807) is 13.8 Å². The lowest BCUT2D eigenvalue weighted by Crippen LogP contribution is -2.24. The van der Waals surface area contributed by atoms with Crippen molar-refractivity contribution >= 4 is 7.60 Å². The molecule has 0 saturated carbocycles. The lowest BCUT2D eigenvalue weighted by molar-refractivity contribution is 0.0802. The summed E-state index contributed by atoms with van der Waals surface area (Å²) in [5.74, 6) is -0.433. The molecule has 0 radical (unpaired) electrons. The van der Waals surface area contributed by atoms with E-state index < -0.39 is 18.8 Å². The summed E-state index contributed by atoms with van der Waals surface area (Å²) in [4.78, 5) is 0. The van der Waals surface area contributed by atoms with Gasteiger partial charge in [0.25, 0.3) is 0 Å². The summed E-state index contributed by atoms with van der Waals surface area (Å²) in [6.07, 6.45) is 0. The number of benzene rings is 1. The average Bonchev–Trinajstić information content (AvgIpc) is 2.30. The summed E-state index contributed by atoms with van der Waals surface area (Å²) in [6.45, 7) is 4.95. The molecule has 1 N–H and O–H groups in total. The Labute approximate surface area is 106 Å². The zero-order valence-electron chi connectivity index (χ0n) is 10.7. The molecular formula is C12H18FO4P. The van der Waals surface area contributed by atoms with Gasteiger partial charge in [0, 0.05) is 0 Å². The fourth-order valence-corrected chi connectivity index (χ4v) is 3.27. The van der Waals surface area contributed by atoms with E-state index in [1.165, 1.54) is 31.2 Å². The second kappa shape index (κ2) is 5.93. The molecular weight excluding hydrogens is 258 g/mol. The highest BCUT2D eigenvalue weighted by Crippen LogP contribution is 2.63. The summed E-state index contributed by atoms with van der Waals surface area (Å²) in [5, 5.41) is 8.61. The van der Waals surface area contributed by atoms with E-state index in [2.05, 4.69) is 0 Å². The van der Waals surface area contributed by atoms with Crippen molar-refractivity contribution in [2.45, 2.75) is 26.1 Å². The molecule has 18 heavy (non-hydrogen) atoms. The van der Waals surface area contributed by atoms with Gasteiger partial charge in [0.1, 0.15) is 5.82 Å². The Morgan fingerprint density at radius 2 is 1.67 bits per heavy atom. The molecule has 4 nitrogen and oxygen atoms in total. The Bertz CT molecular complexity index is 420. The van der Waals surface area contributed by atoms with Gasteiger partial charge in [0.2, 0.25) is 0 Å². The van der Waals surface area contributed by atoms with Crippen LogP contribution < -0.4 is 0 Å². The van der Waals surface area contributed by atoms with Crippen molar-refractivity contribution in [2.75, 3.05) is 13.2 Å². The van der Waals surface area contributed by atoms with E-state index in [0.717, 1.165) is 0 Å². The first-order valence-corrected chi connectivity index (χ1v) is 7.29. The quantitative estimate of drug-likeness (QED) is 0.810. The summed E-state index contributed by atoms with van der Waals surface area (Å²) in [6, 6.07) is 5.10. The van der Waals surface area contributed by atoms with Crippen LogP contribution in [0.2, 0.25) is 0 Å². The minimum atomic E-state index is -3.73. The van der Waals surface area contributed by atoms with Crippen molar-refractivity contribution in [3.63, 3.8) is 0 Å². The van der Waals surface area contributed by atoms with Crippen LogP contribution in [0.3, 0.4) is 0 Å².